The van der Waals surface area contributed by atoms with Crippen LogP contribution in [0.4, 0.5) is 27.6 Å². The minimum Gasteiger partial charge on any atom is -0.474 e. The summed E-state index contributed by atoms with van der Waals surface area (Å²) in [5, 5.41) is 2.96. The Hall–Kier alpha value is -4.21. The topological polar surface area (TPSA) is 68.5 Å². The maximum Gasteiger partial charge on any atom is 0.265 e. The van der Waals surface area contributed by atoms with Gasteiger partial charge in [0.2, 0.25) is 34.9 Å². The molecule has 0 radical (unpaired) electrons. The molecule has 5 nitrogen and oxygen atoms in total. The van der Waals surface area contributed by atoms with Gasteiger partial charge in [0.25, 0.3) is 5.91 Å². The zero-order valence-corrected chi connectivity index (χ0v) is 19.1. The minimum atomic E-state index is -2.33. The van der Waals surface area contributed by atoms with Crippen molar-refractivity contribution in [2.45, 2.75) is 26.9 Å². The number of benzene rings is 3. The predicted octanol–water partition coefficient (Wildman–Crippen LogP) is 6.38. The summed E-state index contributed by atoms with van der Waals surface area (Å²) in [6.45, 7) is 4.65. The molecule has 0 spiro atoms. The molecule has 0 bridgehead atoms. The van der Waals surface area contributed by atoms with Crippen molar-refractivity contribution >= 4 is 28.3 Å². The van der Waals surface area contributed by atoms with Crippen LogP contribution in [0, 0.1) is 42.9 Å². The first-order chi connectivity index (χ1) is 17.0. The molecule has 1 atom stereocenters. The highest BCUT2D eigenvalue weighted by Crippen LogP contribution is 2.31. The first kappa shape index (κ1) is 24.9. The van der Waals surface area contributed by atoms with Crippen LogP contribution in [-0.4, -0.2) is 17.8 Å². The number of nitrogens with one attached hydrogen (secondary N) is 1. The van der Waals surface area contributed by atoms with E-state index in [-0.39, 0.29) is 17.2 Å². The van der Waals surface area contributed by atoms with Gasteiger partial charge in [-0.1, -0.05) is 29.8 Å². The third-order valence-electron chi connectivity index (χ3n) is 5.56. The van der Waals surface area contributed by atoms with Gasteiger partial charge < -0.3 is 14.5 Å². The smallest absolute Gasteiger partial charge is 0.265 e. The average molecular weight is 503 g/mol. The van der Waals surface area contributed by atoms with Gasteiger partial charge in [-0.15, -0.1) is 0 Å². The lowest BCUT2D eigenvalue weighted by Crippen LogP contribution is -2.31. The molecule has 0 fully saturated rings. The molecule has 1 aromatic heterocycles. The zero-order chi connectivity index (χ0) is 26.3. The Morgan fingerprint density at radius 2 is 1.44 bits per heavy atom. The summed E-state index contributed by atoms with van der Waals surface area (Å²) < 4.78 is 78.2. The number of halogens is 5. The van der Waals surface area contributed by atoms with E-state index < -0.39 is 46.8 Å². The Balaban J connectivity index is 1.55. The summed E-state index contributed by atoms with van der Waals surface area (Å²) in [5.41, 5.74) is 2.56. The van der Waals surface area contributed by atoms with Crippen molar-refractivity contribution in [3.8, 4) is 5.75 Å². The van der Waals surface area contributed by atoms with Crippen LogP contribution in [0.5, 0.6) is 5.75 Å². The van der Waals surface area contributed by atoms with E-state index in [1.807, 2.05) is 6.92 Å². The quantitative estimate of drug-likeness (QED) is 0.143. The summed E-state index contributed by atoms with van der Waals surface area (Å²) >= 11 is 0. The normalized spacial score (nSPS) is 12.0. The van der Waals surface area contributed by atoms with Crippen molar-refractivity contribution in [3.05, 3.63) is 94.0 Å². The molecule has 0 saturated heterocycles. The fraction of sp³-hybridized carbons (Fsp3) is 0.154. The predicted molar refractivity (Wildman–Crippen MR) is 121 cm³/mol. The molecule has 1 amide bonds. The molecule has 1 heterocycles. The fourth-order valence-corrected chi connectivity index (χ4v) is 3.51. The number of amides is 1. The van der Waals surface area contributed by atoms with Crippen LogP contribution in [0.15, 0.2) is 46.9 Å². The van der Waals surface area contributed by atoms with Crippen molar-refractivity contribution in [2.75, 3.05) is 5.32 Å². The number of furan rings is 1. The second-order valence-electron chi connectivity index (χ2n) is 8.11. The fourth-order valence-electron chi connectivity index (χ4n) is 3.51. The molecular formula is C26H18F5NO4. The van der Waals surface area contributed by atoms with E-state index in [1.165, 1.54) is 18.2 Å². The van der Waals surface area contributed by atoms with E-state index in [9.17, 15) is 31.5 Å². The third-order valence-corrected chi connectivity index (χ3v) is 5.56. The molecule has 0 aliphatic carbocycles. The Kier molecular flexibility index (Phi) is 6.53. The van der Waals surface area contributed by atoms with Crippen molar-refractivity contribution < 1.29 is 40.7 Å². The van der Waals surface area contributed by atoms with Crippen molar-refractivity contribution in [1.82, 2.24) is 0 Å². The summed E-state index contributed by atoms with van der Waals surface area (Å²) in [5.74, 6) is -13.8. The minimum absolute atomic E-state index is 0.125. The van der Waals surface area contributed by atoms with Crippen molar-refractivity contribution in [2.24, 2.45) is 0 Å². The van der Waals surface area contributed by atoms with Crippen LogP contribution < -0.4 is 10.1 Å². The maximum atomic E-state index is 13.9. The second kappa shape index (κ2) is 9.44. The van der Waals surface area contributed by atoms with Crippen LogP contribution in [0.3, 0.4) is 0 Å². The molecule has 10 heteroatoms. The molecule has 1 N–H and O–H groups in total. The van der Waals surface area contributed by atoms with Gasteiger partial charge in [0.1, 0.15) is 5.58 Å². The number of hydrogen-bond donors (Lipinski definition) is 1. The Morgan fingerprint density at radius 1 is 0.861 bits per heavy atom. The standard InChI is InChI=1S/C26H18F5NO4/c1-11-4-6-14(7-5-11)23(33)24-12(2)16-10-15(8-9-17(16)36-24)32-26(34)13(3)35-25-21(30)19(28)18(27)20(29)22(25)31/h4-10,13H,1-3H3,(H,32,34). The molecule has 36 heavy (non-hydrogen) atoms. The summed E-state index contributed by atoms with van der Waals surface area (Å²) in [6.07, 6.45) is -1.63. The van der Waals surface area contributed by atoms with E-state index in [1.54, 1.807) is 31.2 Å². The zero-order valence-electron chi connectivity index (χ0n) is 19.1. The molecule has 186 valence electrons. The van der Waals surface area contributed by atoms with Gasteiger partial charge in [-0.2, -0.15) is 8.78 Å². The lowest BCUT2D eigenvalue weighted by atomic mass is 10.0. The number of rotatable bonds is 6. The Labute approximate surface area is 201 Å². The van der Waals surface area contributed by atoms with Crippen LogP contribution in [0.25, 0.3) is 11.0 Å². The summed E-state index contributed by atoms with van der Waals surface area (Å²) in [4.78, 5) is 25.4. The average Bonchev–Trinajstić information content (AvgIpc) is 3.19. The van der Waals surface area contributed by atoms with Gasteiger partial charge in [-0.05, 0) is 39.0 Å². The number of ether oxygens (including phenoxy) is 1. The van der Waals surface area contributed by atoms with Gasteiger partial charge in [-0.25, -0.2) is 13.2 Å². The molecule has 0 saturated carbocycles. The molecular weight excluding hydrogens is 485 g/mol. The summed E-state index contributed by atoms with van der Waals surface area (Å²) in [7, 11) is 0. The molecule has 4 aromatic rings. The van der Waals surface area contributed by atoms with Crippen LogP contribution >= 0.6 is 0 Å². The largest absolute Gasteiger partial charge is 0.474 e. The Bertz CT molecular complexity index is 1480. The highest BCUT2D eigenvalue weighted by molar-refractivity contribution is 6.11. The molecule has 0 aliphatic rings. The first-order valence-electron chi connectivity index (χ1n) is 10.6. The monoisotopic (exact) mass is 503 g/mol. The number of aryl methyl sites for hydroxylation is 2. The molecule has 3 aromatic carbocycles. The number of hydrogen-bond acceptors (Lipinski definition) is 4. The highest BCUT2D eigenvalue weighted by Gasteiger charge is 2.29. The summed E-state index contributed by atoms with van der Waals surface area (Å²) in [6, 6.07) is 11.4. The number of carbonyl (C=O) groups is 2. The van der Waals surface area contributed by atoms with Gasteiger partial charge in [0, 0.05) is 22.2 Å². The van der Waals surface area contributed by atoms with Gasteiger partial charge in [-0.3, -0.25) is 9.59 Å². The number of anilines is 1. The number of fused-ring (bicyclic) bond motifs is 1. The van der Waals surface area contributed by atoms with E-state index in [0.717, 1.165) is 12.5 Å². The Morgan fingerprint density at radius 3 is 2.06 bits per heavy atom. The molecule has 0 aliphatic heterocycles. The highest BCUT2D eigenvalue weighted by atomic mass is 19.2. The van der Waals surface area contributed by atoms with Crippen LogP contribution in [-0.2, 0) is 4.79 Å². The SMILES string of the molecule is Cc1ccc(C(=O)c2oc3ccc(NC(=O)C(C)Oc4c(F)c(F)c(F)c(F)c4F)cc3c2C)cc1. The van der Waals surface area contributed by atoms with E-state index in [0.29, 0.717) is 22.1 Å². The molecule has 4 rings (SSSR count). The maximum absolute atomic E-state index is 13.9. The van der Waals surface area contributed by atoms with Gasteiger partial charge >= 0.3 is 0 Å². The van der Waals surface area contributed by atoms with E-state index in [2.05, 4.69) is 5.32 Å². The van der Waals surface area contributed by atoms with E-state index >= 15 is 0 Å². The number of carbonyl (C=O) groups excluding carboxylic acids is 2. The lowest BCUT2D eigenvalue weighted by Gasteiger charge is -2.16. The van der Waals surface area contributed by atoms with Crippen molar-refractivity contribution in [1.29, 1.82) is 0 Å². The van der Waals surface area contributed by atoms with Gasteiger partial charge in [0.15, 0.2) is 17.6 Å². The van der Waals surface area contributed by atoms with Crippen molar-refractivity contribution in [3.63, 3.8) is 0 Å². The molecule has 1 unspecified atom stereocenters. The van der Waals surface area contributed by atoms with E-state index in [4.69, 9.17) is 9.15 Å². The van der Waals surface area contributed by atoms with Crippen LogP contribution in [0.2, 0.25) is 0 Å². The third kappa shape index (κ3) is 4.41. The van der Waals surface area contributed by atoms with Gasteiger partial charge in [0.05, 0.1) is 0 Å². The number of ketones is 1. The second-order valence-corrected chi connectivity index (χ2v) is 8.11. The lowest BCUT2D eigenvalue weighted by molar-refractivity contribution is -0.122. The first-order valence-corrected chi connectivity index (χ1v) is 10.6. The van der Waals surface area contributed by atoms with Crippen LogP contribution in [0.1, 0.15) is 34.2 Å².